The number of rotatable bonds is 7. The number of anilines is 1. The van der Waals surface area contributed by atoms with E-state index >= 15 is 0 Å². The SMILES string of the molecule is CCc1ccc(NC(=O)[C@H](NS(=O)(=O)c2cccc3nsnc23)c2ccccc2)cc1. The van der Waals surface area contributed by atoms with Gasteiger partial charge in [-0.3, -0.25) is 4.79 Å². The van der Waals surface area contributed by atoms with Gasteiger partial charge in [-0.15, -0.1) is 0 Å². The van der Waals surface area contributed by atoms with Crippen molar-refractivity contribution in [3.63, 3.8) is 0 Å². The molecule has 1 atom stereocenters. The highest BCUT2D eigenvalue weighted by molar-refractivity contribution is 7.89. The molecule has 4 rings (SSSR count). The lowest BCUT2D eigenvalue weighted by molar-refractivity contribution is -0.117. The van der Waals surface area contributed by atoms with Crippen molar-refractivity contribution in [1.82, 2.24) is 13.5 Å². The van der Waals surface area contributed by atoms with Crippen molar-refractivity contribution >= 4 is 44.4 Å². The molecule has 0 bridgehead atoms. The molecule has 0 aliphatic heterocycles. The van der Waals surface area contributed by atoms with Gasteiger partial charge in [0.05, 0.1) is 11.7 Å². The van der Waals surface area contributed by atoms with Crippen LogP contribution in [-0.4, -0.2) is 23.1 Å². The molecule has 0 radical (unpaired) electrons. The van der Waals surface area contributed by atoms with Gasteiger partial charge in [0.1, 0.15) is 22.0 Å². The normalized spacial score (nSPS) is 12.5. The zero-order valence-corrected chi connectivity index (χ0v) is 18.3. The van der Waals surface area contributed by atoms with E-state index in [4.69, 9.17) is 0 Å². The van der Waals surface area contributed by atoms with Crippen molar-refractivity contribution in [2.24, 2.45) is 0 Å². The first-order chi connectivity index (χ1) is 15.0. The monoisotopic (exact) mass is 452 g/mol. The van der Waals surface area contributed by atoms with Crippen molar-refractivity contribution in [2.45, 2.75) is 24.3 Å². The third kappa shape index (κ3) is 4.63. The zero-order chi connectivity index (χ0) is 21.8. The number of sulfonamides is 1. The molecule has 1 aromatic heterocycles. The van der Waals surface area contributed by atoms with Gasteiger partial charge in [-0.2, -0.15) is 13.5 Å². The molecule has 0 saturated heterocycles. The van der Waals surface area contributed by atoms with E-state index in [0.717, 1.165) is 23.7 Å². The highest BCUT2D eigenvalue weighted by atomic mass is 32.2. The largest absolute Gasteiger partial charge is 0.324 e. The van der Waals surface area contributed by atoms with E-state index in [1.807, 2.05) is 19.1 Å². The van der Waals surface area contributed by atoms with E-state index in [2.05, 4.69) is 18.8 Å². The van der Waals surface area contributed by atoms with Crippen LogP contribution in [0.4, 0.5) is 5.69 Å². The summed E-state index contributed by atoms with van der Waals surface area (Å²) in [5.41, 5.74) is 3.03. The van der Waals surface area contributed by atoms with Crippen LogP contribution >= 0.6 is 11.7 Å². The van der Waals surface area contributed by atoms with E-state index in [1.54, 1.807) is 54.6 Å². The topological polar surface area (TPSA) is 101 Å². The number of carbonyl (C=O) groups is 1. The van der Waals surface area contributed by atoms with Gasteiger partial charge in [0.25, 0.3) is 0 Å². The second kappa shape index (κ2) is 8.93. The average Bonchev–Trinajstić information content (AvgIpc) is 3.27. The number of hydrogen-bond acceptors (Lipinski definition) is 6. The number of amides is 1. The van der Waals surface area contributed by atoms with Crippen LogP contribution in [0.25, 0.3) is 11.0 Å². The average molecular weight is 453 g/mol. The molecular formula is C22H20N4O3S2. The molecule has 0 aliphatic rings. The fourth-order valence-corrected chi connectivity index (χ4v) is 5.12. The van der Waals surface area contributed by atoms with Crippen LogP contribution in [0.15, 0.2) is 77.7 Å². The first-order valence-corrected chi connectivity index (χ1v) is 11.9. The lowest BCUT2D eigenvalue weighted by Crippen LogP contribution is -2.37. The van der Waals surface area contributed by atoms with Crippen LogP contribution in [-0.2, 0) is 21.2 Å². The second-order valence-electron chi connectivity index (χ2n) is 6.89. The van der Waals surface area contributed by atoms with Crippen LogP contribution in [0.5, 0.6) is 0 Å². The van der Waals surface area contributed by atoms with E-state index in [0.29, 0.717) is 16.8 Å². The smallest absolute Gasteiger partial charge is 0.247 e. The molecule has 4 aromatic rings. The van der Waals surface area contributed by atoms with E-state index in [9.17, 15) is 13.2 Å². The third-order valence-corrected chi connectivity index (χ3v) is 6.83. The summed E-state index contributed by atoms with van der Waals surface area (Å²) in [6.45, 7) is 2.05. The lowest BCUT2D eigenvalue weighted by Gasteiger charge is -2.19. The Morgan fingerprint density at radius 2 is 1.71 bits per heavy atom. The number of carbonyl (C=O) groups excluding carboxylic acids is 1. The number of hydrogen-bond donors (Lipinski definition) is 2. The van der Waals surface area contributed by atoms with Crippen molar-refractivity contribution < 1.29 is 13.2 Å². The maximum Gasteiger partial charge on any atom is 0.247 e. The second-order valence-corrected chi connectivity index (χ2v) is 9.10. The summed E-state index contributed by atoms with van der Waals surface area (Å²) >= 11 is 0.938. The third-order valence-electron chi connectivity index (χ3n) is 4.84. The Labute approximate surface area is 184 Å². The maximum atomic E-state index is 13.2. The van der Waals surface area contributed by atoms with Crippen molar-refractivity contribution in [2.75, 3.05) is 5.32 Å². The Balaban J connectivity index is 1.66. The fraction of sp³-hybridized carbons (Fsp3) is 0.136. The molecular weight excluding hydrogens is 432 g/mol. The molecule has 3 aromatic carbocycles. The van der Waals surface area contributed by atoms with Gasteiger partial charge < -0.3 is 5.32 Å². The molecule has 2 N–H and O–H groups in total. The van der Waals surface area contributed by atoms with Crippen LogP contribution < -0.4 is 10.0 Å². The highest BCUT2D eigenvalue weighted by Gasteiger charge is 2.29. The molecule has 0 fully saturated rings. The minimum atomic E-state index is -4.06. The van der Waals surface area contributed by atoms with Gasteiger partial charge >= 0.3 is 0 Å². The van der Waals surface area contributed by atoms with Crippen LogP contribution in [0.2, 0.25) is 0 Å². The quantitative estimate of drug-likeness (QED) is 0.443. The molecule has 9 heteroatoms. The Hall–Kier alpha value is -3.14. The Morgan fingerprint density at radius 3 is 2.42 bits per heavy atom. The first-order valence-electron chi connectivity index (χ1n) is 9.66. The number of aryl methyl sites for hydroxylation is 1. The molecule has 0 saturated carbocycles. The van der Waals surface area contributed by atoms with Crippen LogP contribution in [0.1, 0.15) is 24.1 Å². The van der Waals surface area contributed by atoms with Crippen LogP contribution in [0.3, 0.4) is 0 Å². The summed E-state index contributed by atoms with van der Waals surface area (Å²) in [7, 11) is -4.06. The first kappa shape index (κ1) is 21.1. The number of nitrogens with zero attached hydrogens (tertiary/aromatic N) is 2. The summed E-state index contributed by atoms with van der Waals surface area (Å²) < 4.78 is 37.2. The Morgan fingerprint density at radius 1 is 0.968 bits per heavy atom. The predicted octanol–water partition coefficient (Wildman–Crippen LogP) is 3.91. The molecule has 0 unspecified atom stereocenters. The number of aromatic nitrogens is 2. The fourth-order valence-electron chi connectivity index (χ4n) is 3.17. The Bertz CT molecular complexity index is 1300. The van der Waals surface area contributed by atoms with Crippen molar-refractivity contribution in [1.29, 1.82) is 0 Å². The van der Waals surface area contributed by atoms with Gasteiger partial charge in [0.15, 0.2) is 0 Å². The van der Waals surface area contributed by atoms with E-state index < -0.39 is 22.0 Å². The standard InChI is InChI=1S/C22H20N4O3S2/c1-2-15-11-13-17(14-12-15)23-22(27)20(16-7-4-3-5-8-16)26-31(28,29)19-10-6-9-18-21(19)25-30-24-18/h3-14,20,26H,2H2,1H3,(H,23,27)/t20-/m1/s1. The minimum Gasteiger partial charge on any atom is -0.324 e. The Kier molecular flexibility index (Phi) is 6.08. The van der Waals surface area contributed by atoms with Gasteiger partial charge in [-0.25, -0.2) is 8.42 Å². The predicted molar refractivity (Wildman–Crippen MR) is 121 cm³/mol. The highest BCUT2D eigenvalue weighted by Crippen LogP contribution is 2.24. The molecule has 7 nitrogen and oxygen atoms in total. The number of fused-ring (bicyclic) bond motifs is 1. The van der Waals surface area contributed by atoms with Gasteiger partial charge in [0.2, 0.25) is 15.9 Å². The number of benzene rings is 3. The summed E-state index contributed by atoms with van der Waals surface area (Å²) in [6.07, 6.45) is 0.887. The summed E-state index contributed by atoms with van der Waals surface area (Å²) in [5, 5.41) is 2.81. The van der Waals surface area contributed by atoms with Gasteiger partial charge in [-0.05, 0) is 41.8 Å². The summed E-state index contributed by atoms with van der Waals surface area (Å²) in [4.78, 5) is 13.1. The van der Waals surface area contributed by atoms with E-state index in [1.165, 1.54) is 6.07 Å². The van der Waals surface area contributed by atoms with Crippen molar-refractivity contribution in [3.05, 3.63) is 83.9 Å². The van der Waals surface area contributed by atoms with Crippen LogP contribution in [0, 0.1) is 0 Å². The molecule has 1 amide bonds. The van der Waals surface area contributed by atoms with Gasteiger partial charge in [-0.1, -0.05) is 55.5 Å². The maximum absolute atomic E-state index is 13.2. The zero-order valence-electron chi connectivity index (χ0n) is 16.6. The van der Waals surface area contributed by atoms with Crippen molar-refractivity contribution in [3.8, 4) is 0 Å². The minimum absolute atomic E-state index is 0.0141. The van der Waals surface area contributed by atoms with E-state index in [-0.39, 0.29) is 10.4 Å². The lowest BCUT2D eigenvalue weighted by atomic mass is 10.1. The molecule has 0 spiro atoms. The summed E-state index contributed by atoms with van der Waals surface area (Å²) in [6, 6.07) is 19.8. The molecule has 0 aliphatic carbocycles. The molecule has 158 valence electrons. The number of nitrogens with one attached hydrogen (secondary N) is 2. The van der Waals surface area contributed by atoms with Gasteiger partial charge in [0, 0.05) is 5.69 Å². The molecule has 31 heavy (non-hydrogen) atoms. The molecule has 1 heterocycles. The summed E-state index contributed by atoms with van der Waals surface area (Å²) in [5.74, 6) is -0.484.